The molecule has 0 aliphatic heterocycles. The molecule has 0 spiro atoms. The van der Waals surface area contributed by atoms with Crippen molar-refractivity contribution >= 4 is 11.0 Å². The van der Waals surface area contributed by atoms with E-state index < -0.39 is 0 Å². The Labute approximate surface area is 116 Å². The lowest BCUT2D eigenvalue weighted by Gasteiger charge is -2.06. The van der Waals surface area contributed by atoms with Crippen LogP contribution in [0.5, 0.6) is 11.5 Å². The van der Waals surface area contributed by atoms with Crippen LogP contribution < -0.4 is 9.47 Å². The molecule has 5 nitrogen and oxygen atoms in total. The van der Waals surface area contributed by atoms with Crippen LogP contribution in [-0.4, -0.2) is 29.2 Å². The van der Waals surface area contributed by atoms with Gasteiger partial charge in [0, 0.05) is 18.3 Å². The molecule has 0 saturated carbocycles. The zero-order valence-corrected chi connectivity index (χ0v) is 11.6. The van der Waals surface area contributed by atoms with Crippen molar-refractivity contribution in [3.05, 3.63) is 36.0 Å². The Kier molecular flexibility index (Phi) is 3.02. The molecule has 1 aromatic carbocycles. The van der Waals surface area contributed by atoms with Crippen molar-refractivity contribution in [2.75, 3.05) is 14.2 Å². The van der Waals surface area contributed by atoms with E-state index in [1.807, 2.05) is 31.2 Å². The lowest BCUT2D eigenvalue weighted by atomic mass is 10.2. The predicted molar refractivity (Wildman–Crippen MR) is 77.2 cm³/mol. The van der Waals surface area contributed by atoms with Crippen LogP contribution in [0.3, 0.4) is 0 Å². The number of aromatic amines is 1. The number of aryl methyl sites for hydroxylation is 1. The lowest BCUT2D eigenvalue weighted by Crippen LogP contribution is -1.89. The van der Waals surface area contributed by atoms with E-state index in [1.54, 1.807) is 20.4 Å². The average molecular weight is 269 g/mol. The number of imidazole rings is 1. The summed E-state index contributed by atoms with van der Waals surface area (Å²) in [6, 6.07) is 7.65. The maximum atomic E-state index is 5.29. The molecule has 1 N–H and O–H groups in total. The molecule has 0 aliphatic carbocycles. The average Bonchev–Trinajstić information content (AvgIpc) is 2.88. The summed E-state index contributed by atoms with van der Waals surface area (Å²) < 4.78 is 10.6. The van der Waals surface area contributed by atoms with Gasteiger partial charge in [-0.15, -0.1) is 0 Å². The summed E-state index contributed by atoms with van der Waals surface area (Å²) in [5.74, 6) is 2.08. The zero-order valence-electron chi connectivity index (χ0n) is 11.6. The van der Waals surface area contributed by atoms with Crippen molar-refractivity contribution < 1.29 is 9.47 Å². The van der Waals surface area contributed by atoms with E-state index >= 15 is 0 Å². The van der Waals surface area contributed by atoms with Gasteiger partial charge in [0.15, 0.2) is 17.3 Å². The summed E-state index contributed by atoms with van der Waals surface area (Å²) >= 11 is 0. The topological polar surface area (TPSA) is 60.0 Å². The first-order valence-electron chi connectivity index (χ1n) is 6.26. The molecule has 0 saturated heterocycles. The first-order chi connectivity index (χ1) is 9.72. The van der Waals surface area contributed by atoms with E-state index in [4.69, 9.17) is 9.47 Å². The fourth-order valence-electron chi connectivity index (χ4n) is 2.18. The molecule has 0 amide bonds. The number of ether oxygens (including phenoxy) is 2. The van der Waals surface area contributed by atoms with Crippen molar-refractivity contribution in [1.82, 2.24) is 15.0 Å². The van der Waals surface area contributed by atoms with Crippen molar-refractivity contribution in [3.63, 3.8) is 0 Å². The number of benzene rings is 1. The van der Waals surface area contributed by atoms with Gasteiger partial charge in [-0.1, -0.05) is 6.07 Å². The monoisotopic (exact) mass is 269 g/mol. The minimum absolute atomic E-state index is 0.663. The maximum Gasteiger partial charge on any atom is 0.163 e. The second-order valence-corrected chi connectivity index (χ2v) is 4.48. The van der Waals surface area contributed by atoms with Crippen LogP contribution in [0, 0.1) is 6.92 Å². The molecule has 0 atom stereocenters. The largest absolute Gasteiger partial charge is 0.493 e. The van der Waals surface area contributed by atoms with E-state index in [9.17, 15) is 0 Å². The third kappa shape index (κ3) is 1.97. The Morgan fingerprint density at radius 1 is 1.10 bits per heavy atom. The van der Waals surface area contributed by atoms with Crippen LogP contribution in [0.1, 0.15) is 5.56 Å². The molecule has 3 aromatic rings. The number of nitrogens with one attached hydrogen (secondary N) is 1. The highest BCUT2D eigenvalue weighted by atomic mass is 16.5. The van der Waals surface area contributed by atoms with E-state index in [0.717, 1.165) is 28.1 Å². The van der Waals surface area contributed by atoms with Crippen molar-refractivity contribution in [2.24, 2.45) is 0 Å². The summed E-state index contributed by atoms with van der Waals surface area (Å²) in [6.07, 6.45) is 1.76. The van der Waals surface area contributed by atoms with Gasteiger partial charge in [-0.05, 0) is 18.6 Å². The van der Waals surface area contributed by atoms with Gasteiger partial charge in [-0.2, -0.15) is 0 Å². The molecular weight excluding hydrogens is 254 g/mol. The molecule has 0 aliphatic rings. The first-order valence-corrected chi connectivity index (χ1v) is 6.26. The third-order valence-electron chi connectivity index (χ3n) is 3.22. The SMILES string of the molecule is COc1cc2nc(-c3ncccc3C)[nH]c2cc1OC. The summed E-state index contributed by atoms with van der Waals surface area (Å²) in [7, 11) is 3.23. The van der Waals surface area contributed by atoms with Gasteiger partial charge < -0.3 is 14.5 Å². The molecule has 0 radical (unpaired) electrons. The Bertz CT molecular complexity index is 724. The number of fused-ring (bicyclic) bond motifs is 1. The molecule has 0 fully saturated rings. The van der Waals surface area contributed by atoms with E-state index in [-0.39, 0.29) is 0 Å². The van der Waals surface area contributed by atoms with Gasteiger partial charge in [-0.3, -0.25) is 4.98 Å². The molecule has 3 rings (SSSR count). The van der Waals surface area contributed by atoms with Gasteiger partial charge in [0.2, 0.25) is 0 Å². The molecule has 0 bridgehead atoms. The van der Waals surface area contributed by atoms with Crippen molar-refractivity contribution in [2.45, 2.75) is 6.92 Å². The van der Waals surface area contributed by atoms with Gasteiger partial charge in [0.1, 0.15) is 5.69 Å². The summed E-state index contributed by atoms with van der Waals surface area (Å²) in [4.78, 5) is 12.2. The second-order valence-electron chi connectivity index (χ2n) is 4.48. The van der Waals surface area contributed by atoms with Crippen LogP contribution in [0.15, 0.2) is 30.5 Å². The first kappa shape index (κ1) is 12.5. The Morgan fingerprint density at radius 2 is 1.85 bits per heavy atom. The van der Waals surface area contributed by atoms with Crippen LogP contribution >= 0.6 is 0 Å². The third-order valence-corrected chi connectivity index (χ3v) is 3.22. The van der Waals surface area contributed by atoms with E-state index in [2.05, 4.69) is 15.0 Å². The number of H-pyrrole nitrogens is 1. The highest BCUT2D eigenvalue weighted by Gasteiger charge is 2.12. The highest BCUT2D eigenvalue weighted by Crippen LogP contribution is 2.32. The zero-order chi connectivity index (χ0) is 14.1. The number of rotatable bonds is 3. The Hall–Kier alpha value is -2.56. The Balaban J connectivity index is 2.18. The molecule has 20 heavy (non-hydrogen) atoms. The molecule has 102 valence electrons. The van der Waals surface area contributed by atoms with Gasteiger partial charge in [0.05, 0.1) is 25.3 Å². The fraction of sp³-hybridized carbons (Fsp3) is 0.200. The normalized spacial score (nSPS) is 10.8. The fourth-order valence-corrected chi connectivity index (χ4v) is 2.18. The lowest BCUT2D eigenvalue weighted by molar-refractivity contribution is 0.356. The van der Waals surface area contributed by atoms with Crippen molar-refractivity contribution in [3.8, 4) is 23.0 Å². The highest BCUT2D eigenvalue weighted by molar-refractivity contribution is 5.82. The molecule has 0 unspecified atom stereocenters. The molecular formula is C15H15N3O2. The maximum absolute atomic E-state index is 5.29. The number of nitrogens with zero attached hydrogens (tertiary/aromatic N) is 2. The molecule has 5 heteroatoms. The Morgan fingerprint density at radius 3 is 2.55 bits per heavy atom. The van der Waals surface area contributed by atoms with Crippen LogP contribution in [0.4, 0.5) is 0 Å². The number of pyridine rings is 1. The van der Waals surface area contributed by atoms with E-state index in [0.29, 0.717) is 11.5 Å². The summed E-state index contributed by atoms with van der Waals surface area (Å²) in [5, 5.41) is 0. The van der Waals surface area contributed by atoms with E-state index in [1.165, 1.54) is 0 Å². The van der Waals surface area contributed by atoms with Crippen LogP contribution in [0.2, 0.25) is 0 Å². The molecule has 2 aromatic heterocycles. The summed E-state index contributed by atoms with van der Waals surface area (Å²) in [6.45, 7) is 2.01. The standard InChI is InChI=1S/C15H15N3O2/c1-9-5-4-6-16-14(9)15-17-10-7-12(19-2)13(20-3)8-11(10)18-15/h4-8H,1-3H3,(H,17,18). The van der Waals surface area contributed by atoms with Gasteiger partial charge in [0.25, 0.3) is 0 Å². The quantitative estimate of drug-likeness (QED) is 0.794. The van der Waals surface area contributed by atoms with Crippen LogP contribution in [0.25, 0.3) is 22.6 Å². The predicted octanol–water partition coefficient (Wildman–Crippen LogP) is 2.95. The number of methoxy groups -OCH3 is 2. The minimum Gasteiger partial charge on any atom is -0.493 e. The summed E-state index contributed by atoms with van der Waals surface area (Å²) in [5.41, 5.74) is 3.64. The van der Waals surface area contributed by atoms with Gasteiger partial charge >= 0.3 is 0 Å². The number of hydrogen-bond acceptors (Lipinski definition) is 4. The minimum atomic E-state index is 0.663. The van der Waals surface area contributed by atoms with Crippen LogP contribution in [-0.2, 0) is 0 Å². The molecule has 2 heterocycles. The smallest absolute Gasteiger partial charge is 0.163 e. The number of hydrogen-bond donors (Lipinski definition) is 1. The van der Waals surface area contributed by atoms with Gasteiger partial charge in [-0.25, -0.2) is 4.98 Å². The van der Waals surface area contributed by atoms with Crippen molar-refractivity contribution in [1.29, 1.82) is 0 Å². The number of aromatic nitrogens is 3. The second kappa shape index (κ2) is 4.85.